The second-order valence-corrected chi connectivity index (χ2v) is 5.12. The summed E-state index contributed by atoms with van der Waals surface area (Å²) in [6, 6.07) is 13.9. The lowest BCUT2D eigenvalue weighted by Gasteiger charge is -2.07. The van der Waals surface area contributed by atoms with Crippen LogP contribution in [-0.4, -0.2) is 23.4 Å². The van der Waals surface area contributed by atoms with Crippen molar-refractivity contribution in [3.05, 3.63) is 69.8 Å². The highest BCUT2D eigenvalue weighted by Crippen LogP contribution is 2.15. The lowest BCUT2D eigenvalue weighted by atomic mass is 10.2. The molecule has 2 aromatic rings. The highest BCUT2D eigenvalue weighted by Gasteiger charge is 2.09. The highest BCUT2D eigenvalue weighted by atomic mass is 32.1. The molecule has 2 N–H and O–H groups in total. The summed E-state index contributed by atoms with van der Waals surface area (Å²) in [5, 5.41) is 18.1. The summed E-state index contributed by atoms with van der Waals surface area (Å²) in [5.41, 5.74) is 4.05. The van der Waals surface area contributed by atoms with Gasteiger partial charge in [0, 0.05) is 12.6 Å². The van der Waals surface area contributed by atoms with Crippen LogP contribution in [0.2, 0.25) is 0 Å². The second kappa shape index (κ2) is 8.59. The summed E-state index contributed by atoms with van der Waals surface area (Å²) >= 11 is 5.11. The average Bonchev–Trinajstić information content (AvgIpc) is 2.60. The first-order valence-electron chi connectivity index (χ1n) is 7.03. The topological polar surface area (TPSA) is 88.8 Å². The largest absolute Gasteiger partial charge is 0.497 e. The lowest BCUT2D eigenvalue weighted by Crippen LogP contribution is -2.31. The Hall–Kier alpha value is -3.00. The summed E-state index contributed by atoms with van der Waals surface area (Å²) in [6.07, 6.45) is 1.36. The maximum atomic E-state index is 10.9. The molecule has 124 valence electrons. The van der Waals surface area contributed by atoms with Gasteiger partial charge in [0.25, 0.3) is 5.69 Å². The predicted molar refractivity (Wildman–Crippen MR) is 96.3 cm³/mol. The third-order valence-electron chi connectivity index (χ3n) is 3.12. The minimum Gasteiger partial charge on any atom is -0.497 e. The molecule has 0 aliphatic heterocycles. The Balaban J connectivity index is 1.85. The smallest absolute Gasteiger partial charge is 0.278 e. The first-order valence-corrected chi connectivity index (χ1v) is 7.44. The van der Waals surface area contributed by atoms with Crippen molar-refractivity contribution in [3.63, 3.8) is 0 Å². The average molecular weight is 344 g/mol. The van der Waals surface area contributed by atoms with Crippen molar-refractivity contribution < 1.29 is 9.66 Å². The molecule has 0 saturated heterocycles. The maximum Gasteiger partial charge on any atom is 0.278 e. The van der Waals surface area contributed by atoms with Crippen LogP contribution >= 0.6 is 12.2 Å². The number of nitro groups is 1. The molecule has 0 aromatic heterocycles. The summed E-state index contributed by atoms with van der Waals surface area (Å²) in [4.78, 5) is 10.4. The molecule has 0 amide bonds. The number of methoxy groups -OCH3 is 1. The summed E-state index contributed by atoms with van der Waals surface area (Å²) in [7, 11) is 1.61. The fourth-order valence-corrected chi connectivity index (χ4v) is 2.01. The van der Waals surface area contributed by atoms with Crippen molar-refractivity contribution in [2.45, 2.75) is 6.54 Å². The predicted octanol–water partition coefficient (Wildman–Crippen LogP) is 2.60. The van der Waals surface area contributed by atoms with Crippen molar-refractivity contribution in [1.29, 1.82) is 0 Å². The van der Waals surface area contributed by atoms with E-state index in [4.69, 9.17) is 17.0 Å². The van der Waals surface area contributed by atoms with E-state index >= 15 is 0 Å². The van der Waals surface area contributed by atoms with Crippen LogP contribution in [0.15, 0.2) is 53.6 Å². The number of nitrogens with zero attached hydrogens (tertiary/aromatic N) is 2. The number of thiocarbonyl (C=S) groups is 1. The normalized spacial score (nSPS) is 10.4. The molecule has 2 aromatic carbocycles. The minimum absolute atomic E-state index is 0.0137. The van der Waals surface area contributed by atoms with Gasteiger partial charge in [0.15, 0.2) is 5.11 Å². The Morgan fingerprint density at radius 1 is 1.29 bits per heavy atom. The molecule has 8 heteroatoms. The first kappa shape index (κ1) is 17.4. The molecule has 0 aliphatic rings. The van der Waals surface area contributed by atoms with Crippen molar-refractivity contribution >= 4 is 29.2 Å². The molecular formula is C16H16N4O3S. The van der Waals surface area contributed by atoms with Gasteiger partial charge in [-0.2, -0.15) is 5.10 Å². The monoisotopic (exact) mass is 344 g/mol. The molecule has 0 fully saturated rings. The summed E-state index contributed by atoms with van der Waals surface area (Å²) in [6.45, 7) is 0.525. The molecule has 0 heterocycles. The number of ether oxygens (including phenoxy) is 1. The van der Waals surface area contributed by atoms with Gasteiger partial charge in [-0.05, 0) is 36.0 Å². The van der Waals surface area contributed by atoms with Gasteiger partial charge >= 0.3 is 0 Å². The van der Waals surface area contributed by atoms with Gasteiger partial charge in [0.1, 0.15) is 5.75 Å². The van der Waals surface area contributed by atoms with Gasteiger partial charge in [0.2, 0.25) is 0 Å². The Morgan fingerprint density at radius 2 is 2.00 bits per heavy atom. The van der Waals surface area contributed by atoms with Crippen LogP contribution in [0.3, 0.4) is 0 Å². The van der Waals surface area contributed by atoms with E-state index in [2.05, 4.69) is 15.8 Å². The zero-order valence-corrected chi connectivity index (χ0v) is 13.7. The minimum atomic E-state index is -0.457. The number of para-hydroxylation sites is 1. The van der Waals surface area contributed by atoms with Gasteiger partial charge in [0.05, 0.1) is 23.8 Å². The van der Waals surface area contributed by atoms with Crippen molar-refractivity contribution in [2.75, 3.05) is 7.11 Å². The van der Waals surface area contributed by atoms with Crippen molar-refractivity contribution in [3.8, 4) is 5.75 Å². The van der Waals surface area contributed by atoms with E-state index in [0.29, 0.717) is 17.2 Å². The lowest BCUT2D eigenvalue weighted by molar-refractivity contribution is -0.385. The van der Waals surface area contributed by atoms with Crippen LogP contribution in [0.25, 0.3) is 0 Å². The van der Waals surface area contributed by atoms with E-state index in [1.54, 1.807) is 25.3 Å². The van der Waals surface area contributed by atoms with E-state index in [1.165, 1.54) is 12.3 Å². The van der Waals surface area contributed by atoms with Crippen molar-refractivity contribution in [2.24, 2.45) is 5.10 Å². The van der Waals surface area contributed by atoms with Crippen LogP contribution in [0.5, 0.6) is 5.75 Å². The molecule has 0 atom stereocenters. The first-order chi connectivity index (χ1) is 11.6. The number of hydrazone groups is 1. The Labute approximate surface area is 144 Å². The van der Waals surface area contributed by atoms with E-state index in [9.17, 15) is 10.1 Å². The number of nitrogens with one attached hydrogen (secondary N) is 2. The van der Waals surface area contributed by atoms with Crippen LogP contribution in [0.4, 0.5) is 5.69 Å². The molecule has 24 heavy (non-hydrogen) atoms. The molecule has 7 nitrogen and oxygen atoms in total. The molecule has 0 saturated carbocycles. The molecule has 0 bridgehead atoms. The molecule has 0 radical (unpaired) electrons. The van der Waals surface area contributed by atoms with Crippen LogP contribution in [-0.2, 0) is 6.54 Å². The number of hydrogen-bond donors (Lipinski definition) is 2. The molecule has 0 aliphatic carbocycles. The van der Waals surface area contributed by atoms with Gasteiger partial charge in [-0.3, -0.25) is 15.5 Å². The van der Waals surface area contributed by atoms with Crippen molar-refractivity contribution in [1.82, 2.24) is 10.7 Å². The highest BCUT2D eigenvalue weighted by molar-refractivity contribution is 7.80. The Morgan fingerprint density at radius 3 is 2.67 bits per heavy atom. The molecule has 0 spiro atoms. The SMILES string of the molecule is COc1ccc(CNC(=S)N/N=C\c2ccccc2[N+](=O)[O-])cc1. The Bertz CT molecular complexity index is 747. The number of hydrogen-bond acceptors (Lipinski definition) is 5. The van der Waals surface area contributed by atoms with Crippen LogP contribution in [0, 0.1) is 10.1 Å². The third-order valence-corrected chi connectivity index (χ3v) is 3.35. The number of rotatable bonds is 6. The third kappa shape index (κ3) is 5.03. The zero-order valence-electron chi connectivity index (χ0n) is 12.9. The maximum absolute atomic E-state index is 10.9. The van der Waals surface area contributed by atoms with E-state index in [1.807, 2.05) is 24.3 Å². The summed E-state index contributed by atoms with van der Waals surface area (Å²) in [5.74, 6) is 0.786. The summed E-state index contributed by atoms with van der Waals surface area (Å²) < 4.78 is 5.09. The van der Waals surface area contributed by atoms with Gasteiger partial charge in [-0.1, -0.05) is 24.3 Å². The van der Waals surface area contributed by atoms with Crippen LogP contribution in [0.1, 0.15) is 11.1 Å². The molecular weight excluding hydrogens is 328 g/mol. The van der Waals surface area contributed by atoms with Gasteiger partial charge in [-0.15, -0.1) is 0 Å². The number of nitro benzene ring substituents is 1. The van der Waals surface area contributed by atoms with E-state index in [-0.39, 0.29) is 5.69 Å². The standard InChI is InChI=1S/C16H16N4O3S/c1-23-14-8-6-12(7-9-14)10-17-16(24)19-18-11-13-4-2-3-5-15(13)20(21)22/h2-9,11H,10H2,1H3,(H2,17,19,24)/b18-11-. The van der Waals surface area contributed by atoms with Gasteiger partial charge < -0.3 is 10.1 Å². The van der Waals surface area contributed by atoms with Gasteiger partial charge in [-0.25, -0.2) is 0 Å². The fraction of sp³-hybridized carbons (Fsp3) is 0.125. The van der Waals surface area contributed by atoms with E-state index < -0.39 is 4.92 Å². The second-order valence-electron chi connectivity index (χ2n) is 4.72. The quantitative estimate of drug-likeness (QED) is 0.362. The number of benzene rings is 2. The van der Waals surface area contributed by atoms with E-state index in [0.717, 1.165) is 11.3 Å². The van der Waals surface area contributed by atoms with Crippen LogP contribution < -0.4 is 15.5 Å². The fourth-order valence-electron chi connectivity index (χ4n) is 1.89. The Kier molecular flexibility index (Phi) is 6.21. The zero-order chi connectivity index (χ0) is 17.4. The molecule has 2 rings (SSSR count). The molecule has 0 unspecified atom stereocenters.